The third kappa shape index (κ3) is 3.35. The van der Waals surface area contributed by atoms with Crippen LogP contribution in [0.4, 0.5) is 0 Å². The van der Waals surface area contributed by atoms with Crippen LogP contribution in [0.1, 0.15) is 6.92 Å². The monoisotopic (exact) mass is 169 g/mol. The van der Waals surface area contributed by atoms with Crippen molar-refractivity contribution in [1.29, 1.82) is 5.26 Å². The van der Waals surface area contributed by atoms with Crippen molar-refractivity contribution in [3.63, 3.8) is 0 Å². The lowest BCUT2D eigenvalue weighted by atomic mass is 10.3. The van der Waals surface area contributed by atoms with Gasteiger partial charge < -0.3 is 9.80 Å². The lowest BCUT2D eigenvalue weighted by molar-refractivity contribution is -0.131. The molecule has 0 aromatic heterocycles. The number of likely N-dealkylation sites (N-methyl/N-ethyl adjacent to an activating group) is 2. The predicted molar refractivity (Wildman–Crippen MR) is 46.4 cm³/mol. The molecule has 0 heterocycles. The Labute approximate surface area is 73.4 Å². The fraction of sp³-hybridized carbons (Fsp3) is 0.750. The van der Waals surface area contributed by atoms with Gasteiger partial charge in [-0.05, 0) is 21.0 Å². The molecule has 0 fully saturated rings. The molecule has 0 aliphatic carbocycles. The Morgan fingerprint density at radius 3 is 2.33 bits per heavy atom. The molecule has 1 amide bonds. The van der Waals surface area contributed by atoms with E-state index in [4.69, 9.17) is 5.26 Å². The molecule has 1 unspecified atom stereocenters. The molecule has 68 valence electrons. The number of nitriles is 1. The third-order valence-electron chi connectivity index (χ3n) is 1.61. The Hall–Kier alpha value is -1.08. The van der Waals surface area contributed by atoms with Crippen LogP contribution < -0.4 is 0 Å². The molecule has 0 radical (unpaired) electrons. The molecule has 4 nitrogen and oxygen atoms in total. The average molecular weight is 169 g/mol. The number of hydrogen-bond donors (Lipinski definition) is 0. The average Bonchev–Trinajstić information content (AvgIpc) is 2.00. The van der Waals surface area contributed by atoms with E-state index in [0.29, 0.717) is 6.54 Å². The molecule has 12 heavy (non-hydrogen) atoms. The molecule has 0 aliphatic heterocycles. The largest absolute Gasteiger partial charge is 0.329 e. The first-order valence-electron chi connectivity index (χ1n) is 3.79. The van der Waals surface area contributed by atoms with Gasteiger partial charge in [0.25, 0.3) is 0 Å². The fourth-order valence-corrected chi connectivity index (χ4v) is 0.685. The van der Waals surface area contributed by atoms with E-state index in [1.165, 1.54) is 4.90 Å². The van der Waals surface area contributed by atoms with Crippen molar-refractivity contribution in [3.8, 4) is 6.07 Å². The highest BCUT2D eigenvalue weighted by Gasteiger charge is 2.14. The summed E-state index contributed by atoms with van der Waals surface area (Å²) < 4.78 is 0. The van der Waals surface area contributed by atoms with Crippen molar-refractivity contribution < 1.29 is 4.79 Å². The minimum atomic E-state index is -0.350. The van der Waals surface area contributed by atoms with Crippen LogP contribution in [0.25, 0.3) is 0 Å². The summed E-state index contributed by atoms with van der Waals surface area (Å²) in [6.07, 6.45) is 0. The first-order valence-corrected chi connectivity index (χ1v) is 3.79. The minimum absolute atomic E-state index is 0.0333. The second kappa shape index (κ2) is 4.73. The van der Waals surface area contributed by atoms with Gasteiger partial charge in [-0.25, -0.2) is 0 Å². The van der Waals surface area contributed by atoms with Crippen molar-refractivity contribution in [2.45, 2.75) is 13.0 Å². The van der Waals surface area contributed by atoms with Gasteiger partial charge in [-0.1, -0.05) is 0 Å². The number of carbonyl (C=O) groups is 1. The van der Waals surface area contributed by atoms with Gasteiger partial charge in [-0.2, -0.15) is 5.26 Å². The Bertz CT molecular complexity index is 195. The van der Waals surface area contributed by atoms with Gasteiger partial charge in [0.05, 0.1) is 12.6 Å². The molecule has 1 atom stereocenters. The normalized spacial score (nSPS) is 12.3. The second-order valence-corrected chi connectivity index (χ2v) is 3.05. The highest BCUT2D eigenvalue weighted by Crippen LogP contribution is 1.94. The van der Waals surface area contributed by atoms with E-state index < -0.39 is 0 Å². The van der Waals surface area contributed by atoms with Crippen LogP contribution in [0, 0.1) is 11.3 Å². The van der Waals surface area contributed by atoms with Gasteiger partial charge in [0, 0.05) is 7.05 Å². The quantitative estimate of drug-likeness (QED) is 0.593. The van der Waals surface area contributed by atoms with Crippen molar-refractivity contribution in [1.82, 2.24) is 9.80 Å². The zero-order chi connectivity index (χ0) is 9.72. The number of rotatable bonds is 3. The molecule has 0 aliphatic rings. The van der Waals surface area contributed by atoms with Gasteiger partial charge in [0.15, 0.2) is 0 Å². The Kier molecular flexibility index (Phi) is 4.30. The van der Waals surface area contributed by atoms with E-state index in [2.05, 4.69) is 0 Å². The summed E-state index contributed by atoms with van der Waals surface area (Å²) in [6, 6.07) is 1.66. The van der Waals surface area contributed by atoms with Crippen LogP contribution in [0.5, 0.6) is 0 Å². The number of nitrogens with zero attached hydrogens (tertiary/aromatic N) is 3. The molecular formula is C8H15N3O. The van der Waals surface area contributed by atoms with Crippen LogP contribution in [-0.2, 0) is 4.79 Å². The van der Waals surface area contributed by atoms with Gasteiger partial charge in [0.2, 0.25) is 5.91 Å². The fourth-order valence-electron chi connectivity index (χ4n) is 0.685. The Balaban J connectivity index is 4.03. The van der Waals surface area contributed by atoms with E-state index in [1.54, 1.807) is 18.9 Å². The van der Waals surface area contributed by atoms with Gasteiger partial charge in [0.1, 0.15) is 6.04 Å². The van der Waals surface area contributed by atoms with E-state index in [9.17, 15) is 4.79 Å². The maximum atomic E-state index is 11.3. The predicted octanol–water partition coefficient (Wildman–Crippen LogP) is -0.0815. The van der Waals surface area contributed by atoms with Crippen molar-refractivity contribution in [2.24, 2.45) is 0 Å². The number of amides is 1. The third-order valence-corrected chi connectivity index (χ3v) is 1.61. The summed E-state index contributed by atoms with van der Waals surface area (Å²) in [6.45, 7) is 2.05. The first kappa shape index (κ1) is 10.9. The lowest BCUT2D eigenvalue weighted by Crippen LogP contribution is -2.39. The molecule has 0 rings (SSSR count). The SMILES string of the molecule is CC(C#N)N(C)C(=O)CN(C)C. The highest BCUT2D eigenvalue weighted by molar-refractivity contribution is 5.78. The highest BCUT2D eigenvalue weighted by atomic mass is 16.2. The number of carbonyl (C=O) groups excluding carboxylic acids is 1. The van der Waals surface area contributed by atoms with E-state index >= 15 is 0 Å². The van der Waals surface area contributed by atoms with Crippen molar-refractivity contribution in [2.75, 3.05) is 27.7 Å². The van der Waals surface area contributed by atoms with Crippen LogP contribution in [0.3, 0.4) is 0 Å². The van der Waals surface area contributed by atoms with Crippen molar-refractivity contribution in [3.05, 3.63) is 0 Å². The van der Waals surface area contributed by atoms with Crippen molar-refractivity contribution >= 4 is 5.91 Å². The van der Waals surface area contributed by atoms with E-state index in [1.807, 2.05) is 20.2 Å². The summed E-state index contributed by atoms with van der Waals surface area (Å²) in [5.74, 6) is -0.0333. The summed E-state index contributed by atoms with van der Waals surface area (Å²) >= 11 is 0. The second-order valence-electron chi connectivity index (χ2n) is 3.05. The topological polar surface area (TPSA) is 47.3 Å². The molecule has 0 N–H and O–H groups in total. The molecular weight excluding hydrogens is 154 g/mol. The standard InChI is InChI=1S/C8H15N3O/c1-7(5-9)11(4)8(12)6-10(2)3/h7H,6H2,1-4H3. The molecule has 0 saturated carbocycles. The van der Waals surface area contributed by atoms with Gasteiger partial charge in [-0.3, -0.25) is 4.79 Å². The van der Waals surface area contributed by atoms with E-state index in [0.717, 1.165) is 0 Å². The zero-order valence-electron chi connectivity index (χ0n) is 8.03. The summed E-state index contributed by atoms with van der Waals surface area (Å²) in [4.78, 5) is 14.5. The molecule has 0 saturated heterocycles. The first-order chi connectivity index (χ1) is 5.49. The maximum Gasteiger partial charge on any atom is 0.237 e. The van der Waals surface area contributed by atoms with Gasteiger partial charge >= 0.3 is 0 Å². The molecule has 0 bridgehead atoms. The molecule has 0 spiro atoms. The smallest absolute Gasteiger partial charge is 0.237 e. The summed E-state index contributed by atoms with van der Waals surface area (Å²) in [7, 11) is 5.28. The minimum Gasteiger partial charge on any atom is -0.329 e. The Morgan fingerprint density at radius 2 is 2.00 bits per heavy atom. The summed E-state index contributed by atoms with van der Waals surface area (Å²) in [5, 5.41) is 8.53. The van der Waals surface area contributed by atoms with E-state index in [-0.39, 0.29) is 11.9 Å². The van der Waals surface area contributed by atoms with Gasteiger partial charge in [-0.15, -0.1) is 0 Å². The molecule has 4 heteroatoms. The van der Waals surface area contributed by atoms with Crippen LogP contribution in [0.2, 0.25) is 0 Å². The Morgan fingerprint density at radius 1 is 1.50 bits per heavy atom. The van der Waals surface area contributed by atoms with Crippen LogP contribution >= 0.6 is 0 Å². The van der Waals surface area contributed by atoms with Crippen LogP contribution in [-0.4, -0.2) is 49.4 Å². The maximum absolute atomic E-state index is 11.3. The number of hydrogen-bond acceptors (Lipinski definition) is 3. The lowest BCUT2D eigenvalue weighted by Gasteiger charge is -2.21. The zero-order valence-corrected chi connectivity index (χ0v) is 8.03. The molecule has 0 aromatic rings. The molecule has 0 aromatic carbocycles. The van der Waals surface area contributed by atoms with Crippen LogP contribution in [0.15, 0.2) is 0 Å². The summed E-state index contributed by atoms with van der Waals surface area (Å²) in [5.41, 5.74) is 0.